The number of fused-ring (bicyclic) bond motifs is 1. The molecule has 2 saturated heterocycles. The molecule has 0 aliphatic carbocycles. The van der Waals surface area contributed by atoms with Gasteiger partial charge in [-0.05, 0) is 12.8 Å². The molecule has 2 rings (SSSR count). The summed E-state index contributed by atoms with van der Waals surface area (Å²) in [4.78, 5) is 4.23. The summed E-state index contributed by atoms with van der Waals surface area (Å²) in [7, 11) is 0. The first-order chi connectivity index (χ1) is 9.17. The van der Waals surface area contributed by atoms with Gasteiger partial charge < -0.3 is 30.1 Å². The molecule has 7 nitrogen and oxygen atoms in total. The van der Waals surface area contributed by atoms with Gasteiger partial charge in [0.1, 0.15) is 12.2 Å². The third-order valence-electron chi connectivity index (χ3n) is 3.38. The van der Waals surface area contributed by atoms with Crippen molar-refractivity contribution in [2.45, 2.75) is 56.8 Å². The molecule has 5 atom stereocenters. The van der Waals surface area contributed by atoms with Crippen LogP contribution in [0.4, 0.5) is 0 Å². The van der Waals surface area contributed by atoms with E-state index in [-0.39, 0.29) is 13.0 Å². The first-order valence-electron chi connectivity index (χ1n) is 6.77. The van der Waals surface area contributed by atoms with Gasteiger partial charge in [-0.15, -0.1) is 0 Å². The Labute approximate surface area is 112 Å². The number of nitrogens with zero attached hydrogens (tertiary/aromatic N) is 1. The average Bonchev–Trinajstić information content (AvgIpc) is 2.79. The second-order valence-corrected chi connectivity index (χ2v) is 4.86. The van der Waals surface area contributed by atoms with Crippen LogP contribution in [0.1, 0.15) is 26.2 Å². The van der Waals surface area contributed by atoms with Crippen LogP contribution in [0.3, 0.4) is 0 Å². The van der Waals surface area contributed by atoms with E-state index in [1.807, 2.05) is 0 Å². The molecular weight excluding hydrogens is 252 g/mol. The lowest BCUT2D eigenvalue weighted by molar-refractivity contribution is -0.209. The zero-order valence-corrected chi connectivity index (χ0v) is 11.0. The van der Waals surface area contributed by atoms with Crippen molar-refractivity contribution >= 4 is 6.02 Å². The molecule has 110 valence electrons. The molecule has 0 spiro atoms. The predicted octanol–water partition coefficient (Wildman–Crippen LogP) is -1.04. The number of aliphatic hydroxyl groups excluding tert-OH is 3. The van der Waals surface area contributed by atoms with Crippen LogP contribution in [0.25, 0.3) is 0 Å². The third-order valence-corrected chi connectivity index (χ3v) is 3.38. The first-order valence-corrected chi connectivity index (χ1v) is 6.77. The van der Waals surface area contributed by atoms with Crippen LogP contribution in [-0.2, 0) is 9.47 Å². The number of hydrogen-bond donors (Lipinski definition) is 4. The zero-order chi connectivity index (χ0) is 13.8. The van der Waals surface area contributed by atoms with Gasteiger partial charge in [-0.3, -0.25) is 0 Å². The van der Waals surface area contributed by atoms with Crippen molar-refractivity contribution in [3.8, 4) is 0 Å². The highest BCUT2D eigenvalue weighted by atomic mass is 16.6. The van der Waals surface area contributed by atoms with Crippen LogP contribution in [0.15, 0.2) is 4.99 Å². The van der Waals surface area contributed by atoms with E-state index in [0.717, 1.165) is 12.8 Å². The molecule has 2 aliphatic rings. The molecular formula is C12H22N2O5. The van der Waals surface area contributed by atoms with Gasteiger partial charge >= 0.3 is 0 Å². The van der Waals surface area contributed by atoms with Crippen molar-refractivity contribution in [2.75, 3.05) is 13.2 Å². The highest BCUT2D eigenvalue weighted by Gasteiger charge is 2.49. The number of aliphatic hydroxyl groups is 3. The Morgan fingerprint density at radius 2 is 2.11 bits per heavy atom. The van der Waals surface area contributed by atoms with Crippen LogP contribution in [0.5, 0.6) is 0 Å². The lowest BCUT2D eigenvalue weighted by Gasteiger charge is -2.37. The summed E-state index contributed by atoms with van der Waals surface area (Å²) in [5.41, 5.74) is 0. The van der Waals surface area contributed by atoms with E-state index in [1.165, 1.54) is 0 Å². The number of unbranched alkanes of at least 4 members (excludes halogenated alkanes) is 1. The smallest absolute Gasteiger partial charge is 0.287 e. The second-order valence-electron chi connectivity index (χ2n) is 4.86. The summed E-state index contributed by atoms with van der Waals surface area (Å²) in [5, 5.41) is 31.7. The topological polar surface area (TPSA) is 104 Å². The van der Waals surface area contributed by atoms with E-state index in [0.29, 0.717) is 12.6 Å². The third kappa shape index (κ3) is 3.17. The quantitative estimate of drug-likeness (QED) is 0.478. The van der Waals surface area contributed by atoms with Crippen LogP contribution in [0.2, 0.25) is 0 Å². The number of amidine groups is 1. The lowest BCUT2D eigenvalue weighted by atomic mass is 9.97. The summed E-state index contributed by atoms with van der Waals surface area (Å²) in [5.74, 6) is 0. The van der Waals surface area contributed by atoms with E-state index >= 15 is 0 Å². The summed E-state index contributed by atoms with van der Waals surface area (Å²) in [6.07, 6.45) is -1.64. The summed E-state index contributed by atoms with van der Waals surface area (Å²) in [6.45, 7) is 2.62. The van der Waals surface area contributed by atoms with E-state index < -0.39 is 30.6 Å². The Hall–Kier alpha value is -0.890. The number of rotatable bonds is 5. The molecule has 0 aromatic heterocycles. The van der Waals surface area contributed by atoms with Crippen LogP contribution < -0.4 is 5.32 Å². The van der Waals surface area contributed by atoms with E-state index in [1.54, 1.807) is 0 Å². The van der Waals surface area contributed by atoms with Crippen molar-refractivity contribution in [3.63, 3.8) is 0 Å². The standard InChI is InChI=1S/C12H22N2O5/c1-2-3-5-13-12-14-11-10(19-12)9(17)8(16)7(18-11)4-6-15/h7-11,15-17H,2-6H2,1H3,(H,13,14)/t7-,8-,9+,10-,11-/m1/s1. The zero-order valence-electron chi connectivity index (χ0n) is 11.0. The number of nitrogens with one attached hydrogen (secondary N) is 1. The Kier molecular flexibility index (Phi) is 4.98. The maximum Gasteiger partial charge on any atom is 0.287 e. The molecule has 2 aliphatic heterocycles. The van der Waals surface area contributed by atoms with Gasteiger partial charge in [0.05, 0.1) is 6.10 Å². The average molecular weight is 274 g/mol. The summed E-state index contributed by atoms with van der Waals surface area (Å²) < 4.78 is 11.0. The maximum absolute atomic E-state index is 10.0. The number of ether oxygens (including phenoxy) is 2. The van der Waals surface area contributed by atoms with Crippen molar-refractivity contribution in [1.29, 1.82) is 0 Å². The van der Waals surface area contributed by atoms with Crippen molar-refractivity contribution in [2.24, 2.45) is 4.99 Å². The summed E-state index contributed by atoms with van der Waals surface area (Å²) in [6, 6.07) is 0.347. The molecule has 19 heavy (non-hydrogen) atoms. The molecule has 0 unspecified atom stereocenters. The fraction of sp³-hybridized carbons (Fsp3) is 0.917. The minimum atomic E-state index is -1.06. The van der Waals surface area contributed by atoms with Gasteiger partial charge in [0, 0.05) is 13.2 Å². The van der Waals surface area contributed by atoms with E-state index in [2.05, 4.69) is 17.2 Å². The lowest BCUT2D eigenvalue weighted by Crippen LogP contribution is -2.58. The Morgan fingerprint density at radius 1 is 1.32 bits per heavy atom. The second kappa shape index (κ2) is 6.51. The van der Waals surface area contributed by atoms with Gasteiger partial charge in [0.25, 0.3) is 6.02 Å². The monoisotopic (exact) mass is 274 g/mol. The van der Waals surface area contributed by atoms with E-state index in [4.69, 9.17) is 14.6 Å². The van der Waals surface area contributed by atoms with Crippen LogP contribution >= 0.6 is 0 Å². The Morgan fingerprint density at radius 3 is 2.79 bits per heavy atom. The molecule has 0 radical (unpaired) electrons. The van der Waals surface area contributed by atoms with Crippen molar-refractivity contribution in [1.82, 2.24) is 5.32 Å². The Balaban J connectivity index is 1.97. The normalized spacial score (nSPS) is 39.8. The molecule has 2 heterocycles. The molecule has 2 fully saturated rings. The minimum absolute atomic E-state index is 0.107. The number of hydrogen-bond acceptors (Lipinski definition) is 6. The van der Waals surface area contributed by atoms with Gasteiger partial charge in [-0.2, -0.15) is 0 Å². The SMILES string of the molecule is CCCCN=C1N[C@@H]2O[C@H](CCO)[C@@H](O)[C@H](O)[C@H]2O1. The molecule has 0 aromatic carbocycles. The minimum Gasteiger partial charge on any atom is -0.454 e. The van der Waals surface area contributed by atoms with Crippen LogP contribution in [0, 0.1) is 0 Å². The number of aliphatic imine (C=N–C) groups is 1. The fourth-order valence-corrected chi connectivity index (χ4v) is 2.26. The van der Waals surface area contributed by atoms with Gasteiger partial charge in [0.15, 0.2) is 12.3 Å². The largest absolute Gasteiger partial charge is 0.454 e. The predicted molar refractivity (Wildman–Crippen MR) is 67.6 cm³/mol. The van der Waals surface area contributed by atoms with Crippen molar-refractivity contribution < 1.29 is 24.8 Å². The van der Waals surface area contributed by atoms with Crippen molar-refractivity contribution in [3.05, 3.63) is 0 Å². The molecule has 0 bridgehead atoms. The van der Waals surface area contributed by atoms with E-state index in [9.17, 15) is 10.2 Å². The Bertz CT molecular complexity index is 325. The van der Waals surface area contributed by atoms with Gasteiger partial charge in [-0.25, -0.2) is 4.99 Å². The van der Waals surface area contributed by atoms with Gasteiger partial charge in [0.2, 0.25) is 0 Å². The highest BCUT2D eigenvalue weighted by molar-refractivity contribution is 5.76. The first kappa shape index (κ1) is 14.5. The summed E-state index contributed by atoms with van der Waals surface area (Å²) >= 11 is 0. The van der Waals surface area contributed by atoms with Crippen LogP contribution in [-0.4, -0.2) is 65.1 Å². The molecule has 7 heteroatoms. The highest BCUT2D eigenvalue weighted by Crippen LogP contribution is 2.27. The molecule has 0 aromatic rings. The molecule has 0 amide bonds. The molecule has 0 saturated carbocycles. The molecule has 4 N–H and O–H groups in total. The fourth-order valence-electron chi connectivity index (χ4n) is 2.26. The maximum atomic E-state index is 10.0. The van der Waals surface area contributed by atoms with Gasteiger partial charge in [-0.1, -0.05) is 13.3 Å².